The largest absolute Gasteiger partial charge is 0.356 e. The van der Waals surface area contributed by atoms with Crippen LogP contribution in [0.1, 0.15) is 24.8 Å². The first-order valence-electron chi connectivity index (χ1n) is 8.02. The van der Waals surface area contributed by atoms with Crippen molar-refractivity contribution in [2.45, 2.75) is 19.3 Å². The zero-order valence-electron chi connectivity index (χ0n) is 13.7. The average Bonchev–Trinajstić information content (AvgIpc) is 2.57. The molecule has 0 unspecified atom stereocenters. The molecule has 0 aromatic heterocycles. The Hall–Kier alpha value is -1.42. The van der Waals surface area contributed by atoms with Crippen molar-refractivity contribution < 1.29 is 0 Å². The summed E-state index contributed by atoms with van der Waals surface area (Å²) in [6, 6.07) is 10.6. The summed E-state index contributed by atoms with van der Waals surface area (Å²) in [5, 5.41) is 3.48. The van der Waals surface area contributed by atoms with Gasteiger partial charge >= 0.3 is 0 Å². The molecule has 1 aromatic rings. The number of piperidine rings is 1. The summed E-state index contributed by atoms with van der Waals surface area (Å²) in [6.07, 6.45) is 7.93. The molecule has 1 heterocycles. The maximum Gasteiger partial charge on any atom is 0.193 e. The molecular weight excluding hydrogens is 290 g/mol. The van der Waals surface area contributed by atoms with E-state index in [0.717, 1.165) is 38.4 Å². The SMILES string of the molecule is CN=C(NCCCSC)N1CCC(=Cc2ccccc2)CC1. The molecule has 1 aliphatic heterocycles. The van der Waals surface area contributed by atoms with Gasteiger partial charge in [0.05, 0.1) is 0 Å². The van der Waals surface area contributed by atoms with Crippen molar-refractivity contribution in [2.24, 2.45) is 4.99 Å². The van der Waals surface area contributed by atoms with Crippen LogP contribution in [0.4, 0.5) is 0 Å². The van der Waals surface area contributed by atoms with Crippen LogP contribution in [0.15, 0.2) is 40.9 Å². The molecule has 22 heavy (non-hydrogen) atoms. The molecule has 0 atom stereocenters. The van der Waals surface area contributed by atoms with Crippen molar-refractivity contribution in [3.8, 4) is 0 Å². The van der Waals surface area contributed by atoms with E-state index in [-0.39, 0.29) is 0 Å². The molecule has 0 saturated carbocycles. The third kappa shape index (κ3) is 5.41. The van der Waals surface area contributed by atoms with Crippen molar-refractivity contribution in [1.29, 1.82) is 0 Å². The Bertz CT molecular complexity index is 486. The molecule has 120 valence electrons. The van der Waals surface area contributed by atoms with Gasteiger partial charge in [-0.2, -0.15) is 11.8 Å². The first kappa shape index (κ1) is 16.9. The van der Waals surface area contributed by atoms with Crippen LogP contribution < -0.4 is 5.32 Å². The van der Waals surface area contributed by atoms with Crippen molar-refractivity contribution in [3.05, 3.63) is 41.5 Å². The Morgan fingerprint density at radius 1 is 1.27 bits per heavy atom. The van der Waals surface area contributed by atoms with Crippen LogP contribution in [-0.4, -0.2) is 49.6 Å². The minimum absolute atomic E-state index is 1.01. The van der Waals surface area contributed by atoms with E-state index >= 15 is 0 Å². The smallest absolute Gasteiger partial charge is 0.193 e. The van der Waals surface area contributed by atoms with Crippen LogP contribution in [0.25, 0.3) is 6.08 Å². The molecule has 2 rings (SSSR count). The van der Waals surface area contributed by atoms with Gasteiger partial charge in [-0.05, 0) is 36.8 Å². The van der Waals surface area contributed by atoms with Gasteiger partial charge in [0.25, 0.3) is 0 Å². The van der Waals surface area contributed by atoms with Gasteiger partial charge in [-0.1, -0.05) is 42.0 Å². The second-order valence-electron chi connectivity index (χ2n) is 5.52. The van der Waals surface area contributed by atoms with Gasteiger partial charge in [0.15, 0.2) is 5.96 Å². The van der Waals surface area contributed by atoms with E-state index in [2.05, 4.69) is 57.9 Å². The molecule has 3 nitrogen and oxygen atoms in total. The maximum atomic E-state index is 4.42. The lowest BCUT2D eigenvalue weighted by atomic mass is 10.0. The fraction of sp³-hybridized carbons (Fsp3) is 0.500. The number of aliphatic imine (C=N–C) groups is 1. The Morgan fingerprint density at radius 3 is 2.64 bits per heavy atom. The van der Waals surface area contributed by atoms with Crippen molar-refractivity contribution >= 4 is 23.8 Å². The number of rotatable bonds is 5. The number of hydrogen-bond donors (Lipinski definition) is 1. The Morgan fingerprint density at radius 2 is 2.00 bits per heavy atom. The van der Waals surface area contributed by atoms with Crippen LogP contribution in [-0.2, 0) is 0 Å². The molecule has 4 heteroatoms. The normalized spacial score (nSPS) is 15.8. The second-order valence-corrected chi connectivity index (χ2v) is 6.51. The lowest BCUT2D eigenvalue weighted by Gasteiger charge is -2.31. The summed E-state index contributed by atoms with van der Waals surface area (Å²) in [4.78, 5) is 6.80. The predicted octanol–water partition coefficient (Wildman–Crippen LogP) is 3.49. The van der Waals surface area contributed by atoms with Crippen molar-refractivity contribution in [2.75, 3.05) is 38.7 Å². The number of hydrogen-bond acceptors (Lipinski definition) is 2. The van der Waals surface area contributed by atoms with Crippen molar-refractivity contribution in [3.63, 3.8) is 0 Å². The lowest BCUT2D eigenvalue weighted by Crippen LogP contribution is -2.44. The zero-order chi connectivity index (χ0) is 15.6. The number of likely N-dealkylation sites (tertiary alicyclic amines) is 1. The second kappa shape index (κ2) is 9.57. The average molecular weight is 318 g/mol. The number of thioether (sulfide) groups is 1. The quantitative estimate of drug-likeness (QED) is 0.512. The van der Waals surface area contributed by atoms with Gasteiger partial charge in [0.1, 0.15) is 0 Å². The highest BCUT2D eigenvalue weighted by molar-refractivity contribution is 7.98. The monoisotopic (exact) mass is 317 g/mol. The van der Waals surface area contributed by atoms with Gasteiger partial charge in [-0.15, -0.1) is 0 Å². The van der Waals surface area contributed by atoms with E-state index < -0.39 is 0 Å². The molecule has 0 amide bonds. The van der Waals surface area contributed by atoms with E-state index in [4.69, 9.17) is 0 Å². The van der Waals surface area contributed by atoms with Gasteiger partial charge in [-0.3, -0.25) is 4.99 Å². The number of benzene rings is 1. The molecule has 1 saturated heterocycles. The molecular formula is C18H27N3S. The lowest BCUT2D eigenvalue weighted by molar-refractivity contribution is 0.375. The Balaban J connectivity index is 1.81. The summed E-state index contributed by atoms with van der Waals surface area (Å²) in [6.45, 7) is 3.12. The van der Waals surface area contributed by atoms with Crippen LogP contribution >= 0.6 is 11.8 Å². The van der Waals surface area contributed by atoms with Gasteiger partial charge in [0, 0.05) is 26.7 Å². The fourth-order valence-corrected chi connectivity index (χ4v) is 3.12. The fourth-order valence-electron chi connectivity index (χ4n) is 2.68. The molecule has 1 fully saturated rings. The van der Waals surface area contributed by atoms with Crippen LogP contribution in [0.5, 0.6) is 0 Å². The van der Waals surface area contributed by atoms with E-state index in [1.807, 2.05) is 18.8 Å². The molecule has 1 N–H and O–H groups in total. The highest BCUT2D eigenvalue weighted by Gasteiger charge is 2.16. The molecule has 1 aromatic carbocycles. The van der Waals surface area contributed by atoms with Crippen LogP contribution in [0.3, 0.4) is 0 Å². The summed E-state index contributed by atoms with van der Waals surface area (Å²) in [7, 11) is 1.88. The Labute approximate surface area is 138 Å². The molecule has 0 bridgehead atoms. The highest BCUT2D eigenvalue weighted by Crippen LogP contribution is 2.19. The summed E-state index contributed by atoms with van der Waals surface area (Å²) in [5.74, 6) is 2.26. The van der Waals surface area contributed by atoms with E-state index in [1.165, 1.54) is 17.7 Å². The summed E-state index contributed by atoms with van der Waals surface area (Å²) < 4.78 is 0. The third-order valence-electron chi connectivity index (χ3n) is 3.90. The number of nitrogens with one attached hydrogen (secondary N) is 1. The van der Waals surface area contributed by atoms with Crippen LogP contribution in [0.2, 0.25) is 0 Å². The van der Waals surface area contributed by atoms with Crippen molar-refractivity contribution in [1.82, 2.24) is 10.2 Å². The molecule has 0 radical (unpaired) electrons. The maximum absolute atomic E-state index is 4.42. The standard InChI is InChI=1S/C18H27N3S/c1-19-18(20-11-6-14-22-2)21-12-9-17(10-13-21)15-16-7-4-3-5-8-16/h3-5,7-8,15H,6,9-14H2,1-2H3,(H,19,20). The topological polar surface area (TPSA) is 27.6 Å². The van der Waals surface area contributed by atoms with Crippen LogP contribution in [0, 0.1) is 0 Å². The van der Waals surface area contributed by atoms with E-state index in [1.54, 1.807) is 5.57 Å². The van der Waals surface area contributed by atoms with Gasteiger partial charge in [0.2, 0.25) is 0 Å². The summed E-state index contributed by atoms with van der Waals surface area (Å²) in [5.41, 5.74) is 2.85. The van der Waals surface area contributed by atoms with E-state index in [9.17, 15) is 0 Å². The van der Waals surface area contributed by atoms with Gasteiger partial charge < -0.3 is 10.2 Å². The predicted molar refractivity (Wildman–Crippen MR) is 99.6 cm³/mol. The third-order valence-corrected chi connectivity index (χ3v) is 4.59. The Kier molecular flexibility index (Phi) is 7.37. The minimum Gasteiger partial charge on any atom is -0.356 e. The number of guanidine groups is 1. The van der Waals surface area contributed by atoms with E-state index in [0.29, 0.717) is 0 Å². The molecule has 0 spiro atoms. The number of nitrogens with zero attached hydrogens (tertiary/aromatic N) is 2. The minimum atomic E-state index is 1.01. The van der Waals surface area contributed by atoms with Gasteiger partial charge in [-0.25, -0.2) is 0 Å². The first-order valence-corrected chi connectivity index (χ1v) is 9.42. The summed E-state index contributed by atoms with van der Waals surface area (Å²) >= 11 is 1.90. The molecule has 1 aliphatic rings. The first-order chi connectivity index (χ1) is 10.8. The zero-order valence-corrected chi connectivity index (χ0v) is 14.5. The molecule has 0 aliphatic carbocycles. The highest BCUT2D eigenvalue weighted by atomic mass is 32.2.